The molecule has 11 aromatic rings. The molecule has 0 atom stereocenters. The summed E-state index contributed by atoms with van der Waals surface area (Å²) in [4.78, 5) is 18.7. The monoisotopic (exact) mass is 677 g/mol. The number of nitrogens with zero attached hydrogens (tertiary/aromatic N) is 3. The smallest absolute Gasteiger partial charge is 0.296 e. The summed E-state index contributed by atoms with van der Waals surface area (Å²) in [7, 11) is 1.85. The average Bonchev–Trinajstić information content (AvgIpc) is 3.61. The van der Waals surface area contributed by atoms with E-state index in [1.165, 1.54) is 65.3 Å². The molecule has 11 rings (SSSR count). The van der Waals surface area contributed by atoms with E-state index in [2.05, 4.69) is 146 Å². The highest BCUT2D eigenvalue weighted by Gasteiger charge is 2.19. The van der Waals surface area contributed by atoms with Crippen LogP contribution in [0.4, 0.5) is 0 Å². The lowest BCUT2D eigenvalue weighted by molar-refractivity contribution is 0.836. The van der Waals surface area contributed by atoms with Gasteiger partial charge >= 0.3 is 5.69 Å². The molecule has 0 bridgehead atoms. The van der Waals surface area contributed by atoms with Crippen LogP contribution in [0.25, 0.3) is 104 Å². The zero-order chi connectivity index (χ0) is 35.2. The fourth-order valence-electron chi connectivity index (χ4n) is 8.50. The summed E-state index contributed by atoms with van der Waals surface area (Å²) in [6.07, 6.45) is 0. The number of benzene rings is 9. The quantitative estimate of drug-likeness (QED) is 0.175. The van der Waals surface area contributed by atoms with E-state index < -0.39 is 0 Å². The Bertz CT molecular complexity index is 3390. The van der Waals surface area contributed by atoms with Crippen LogP contribution in [0.2, 0.25) is 0 Å². The van der Waals surface area contributed by atoms with E-state index in [9.17, 15) is 4.79 Å². The predicted molar refractivity (Wildman–Crippen MR) is 222 cm³/mol. The third-order valence-corrected chi connectivity index (χ3v) is 11.1. The van der Waals surface area contributed by atoms with Crippen molar-refractivity contribution in [1.82, 2.24) is 14.0 Å². The first-order valence-corrected chi connectivity index (χ1v) is 18.0. The summed E-state index contributed by atoms with van der Waals surface area (Å²) in [5.74, 6) is 0. The first kappa shape index (κ1) is 29.7. The normalized spacial score (nSPS) is 11.9. The maximum absolute atomic E-state index is 13.8. The van der Waals surface area contributed by atoms with Gasteiger partial charge in [0.1, 0.15) is 0 Å². The third kappa shape index (κ3) is 4.42. The standard InChI is InChI=1S/C49H31N3O/c1-51-45-29-35(23-25-41(45)48-50-43-16-8-9-17-44(43)52(48)49(51)53)34-22-24-40-42(28-34)47(37-21-19-31-11-3-5-13-33(31)27-37)39-15-7-6-14-38(39)46(40)36-20-18-30-10-2-4-12-32(30)26-36/h2-29H,1H3. The number of hydrogen-bond donors (Lipinski definition) is 0. The Hall–Kier alpha value is -7.04. The van der Waals surface area contributed by atoms with E-state index in [1.807, 2.05) is 31.3 Å². The molecule has 0 unspecified atom stereocenters. The van der Waals surface area contributed by atoms with Crippen molar-refractivity contribution in [2.24, 2.45) is 7.05 Å². The molecule has 0 spiro atoms. The van der Waals surface area contributed by atoms with Crippen molar-refractivity contribution in [3.8, 4) is 33.4 Å². The summed E-state index contributed by atoms with van der Waals surface area (Å²) in [6.45, 7) is 0. The molecular formula is C49H31N3O. The van der Waals surface area contributed by atoms with Crippen molar-refractivity contribution in [1.29, 1.82) is 0 Å². The Morgan fingerprint density at radius 1 is 0.415 bits per heavy atom. The molecule has 0 aliphatic carbocycles. The Balaban J connectivity index is 1.21. The summed E-state index contributed by atoms with van der Waals surface area (Å²) in [5, 5.41) is 10.6. The molecule has 0 N–H and O–H groups in total. The highest BCUT2D eigenvalue weighted by Crippen LogP contribution is 2.46. The van der Waals surface area contributed by atoms with Gasteiger partial charge in [-0.25, -0.2) is 14.2 Å². The minimum atomic E-state index is -0.109. The summed E-state index contributed by atoms with van der Waals surface area (Å²) in [6, 6.07) is 60.7. The second-order valence-electron chi connectivity index (χ2n) is 14.0. The van der Waals surface area contributed by atoms with Crippen LogP contribution in [-0.4, -0.2) is 14.0 Å². The van der Waals surface area contributed by atoms with Gasteiger partial charge in [-0.15, -0.1) is 0 Å². The molecule has 248 valence electrons. The second kappa shape index (κ2) is 11.2. The van der Waals surface area contributed by atoms with Crippen LogP contribution in [0.5, 0.6) is 0 Å². The van der Waals surface area contributed by atoms with Crippen LogP contribution in [0, 0.1) is 0 Å². The largest absolute Gasteiger partial charge is 0.334 e. The van der Waals surface area contributed by atoms with Gasteiger partial charge in [-0.2, -0.15) is 0 Å². The number of para-hydroxylation sites is 2. The Morgan fingerprint density at radius 2 is 0.925 bits per heavy atom. The maximum Gasteiger partial charge on any atom is 0.334 e. The minimum Gasteiger partial charge on any atom is -0.296 e. The van der Waals surface area contributed by atoms with Crippen molar-refractivity contribution in [2.75, 3.05) is 0 Å². The molecule has 4 heteroatoms. The van der Waals surface area contributed by atoms with Gasteiger partial charge in [-0.05, 0) is 119 Å². The van der Waals surface area contributed by atoms with Crippen molar-refractivity contribution in [2.45, 2.75) is 0 Å². The fraction of sp³-hybridized carbons (Fsp3) is 0.0204. The predicted octanol–water partition coefficient (Wildman–Crippen LogP) is 12.0. The lowest BCUT2D eigenvalue weighted by Crippen LogP contribution is -2.24. The third-order valence-electron chi connectivity index (χ3n) is 11.1. The molecule has 0 amide bonds. The fourth-order valence-corrected chi connectivity index (χ4v) is 8.50. The van der Waals surface area contributed by atoms with E-state index >= 15 is 0 Å². The SMILES string of the molecule is Cn1c(=O)n2c3ccccc3nc2c2ccc(-c3ccc4c(-c5ccc6ccccc6c5)c5ccccc5c(-c5ccc6ccccc6c5)c4c3)cc21. The van der Waals surface area contributed by atoms with Gasteiger partial charge in [0, 0.05) is 12.4 Å². The van der Waals surface area contributed by atoms with Crippen LogP contribution >= 0.6 is 0 Å². The zero-order valence-corrected chi connectivity index (χ0v) is 28.9. The topological polar surface area (TPSA) is 39.3 Å². The molecule has 0 radical (unpaired) electrons. The molecule has 0 aliphatic rings. The molecule has 0 fully saturated rings. The van der Waals surface area contributed by atoms with Crippen molar-refractivity contribution in [3.63, 3.8) is 0 Å². The Morgan fingerprint density at radius 3 is 1.60 bits per heavy atom. The Kier molecular flexibility index (Phi) is 6.29. The van der Waals surface area contributed by atoms with Gasteiger partial charge in [0.2, 0.25) is 0 Å². The number of aromatic nitrogens is 3. The maximum atomic E-state index is 13.8. The molecule has 2 aromatic heterocycles. The van der Waals surface area contributed by atoms with Crippen LogP contribution in [0.15, 0.2) is 175 Å². The van der Waals surface area contributed by atoms with E-state index in [4.69, 9.17) is 4.98 Å². The van der Waals surface area contributed by atoms with Gasteiger partial charge in [-0.3, -0.25) is 4.57 Å². The van der Waals surface area contributed by atoms with E-state index in [0.29, 0.717) is 5.65 Å². The molecular weight excluding hydrogens is 647 g/mol. The number of rotatable bonds is 3. The van der Waals surface area contributed by atoms with Gasteiger partial charge in [-0.1, -0.05) is 127 Å². The second-order valence-corrected chi connectivity index (χ2v) is 14.0. The molecule has 0 aliphatic heterocycles. The van der Waals surface area contributed by atoms with Gasteiger partial charge in [0.05, 0.1) is 16.6 Å². The van der Waals surface area contributed by atoms with Gasteiger partial charge < -0.3 is 0 Å². The van der Waals surface area contributed by atoms with E-state index in [1.54, 1.807) is 8.97 Å². The van der Waals surface area contributed by atoms with E-state index in [-0.39, 0.29) is 5.69 Å². The van der Waals surface area contributed by atoms with Crippen molar-refractivity contribution in [3.05, 3.63) is 180 Å². The first-order chi connectivity index (χ1) is 26.1. The molecule has 2 heterocycles. The molecule has 53 heavy (non-hydrogen) atoms. The van der Waals surface area contributed by atoms with Crippen molar-refractivity contribution < 1.29 is 0 Å². The average molecular weight is 678 g/mol. The molecule has 9 aromatic carbocycles. The first-order valence-electron chi connectivity index (χ1n) is 18.0. The van der Waals surface area contributed by atoms with Gasteiger partial charge in [0.25, 0.3) is 0 Å². The lowest BCUT2D eigenvalue weighted by Gasteiger charge is -2.19. The highest BCUT2D eigenvalue weighted by atomic mass is 16.1. The number of aryl methyl sites for hydroxylation is 1. The number of imidazole rings is 1. The number of hydrogen-bond acceptors (Lipinski definition) is 2. The Labute approximate surface area is 304 Å². The van der Waals surface area contributed by atoms with Crippen LogP contribution in [0.3, 0.4) is 0 Å². The van der Waals surface area contributed by atoms with Crippen LogP contribution in [-0.2, 0) is 7.05 Å². The summed E-state index contributed by atoms with van der Waals surface area (Å²) >= 11 is 0. The molecule has 0 saturated carbocycles. The minimum absolute atomic E-state index is 0.109. The van der Waals surface area contributed by atoms with Crippen LogP contribution < -0.4 is 5.69 Å². The van der Waals surface area contributed by atoms with Crippen LogP contribution in [0.1, 0.15) is 0 Å². The zero-order valence-electron chi connectivity index (χ0n) is 28.9. The van der Waals surface area contributed by atoms with Crippen molar-refractivity contribution >= 4 is 70.7 Å². The lowest BCUT2D eigenvalue weighted by atomic mass is 9.84. The highest BCUT2D eigenvalue weighted by molar-refractivity contribution is 6.22. The summed E-state index contributed by atoms with van der Waals surface area (Å²) in [5.41, 5.74) is 9.99. The molecule has 4 nitrogen and oxygen atoms in total. The molecule has 0 saturated heterocycles. The summed E-state index contributed by atoms with van der Waals surface area (Å²) < 4.78 is 3.47. The van der Waals surface area contributed by atoms with E-state index in [0.717, 1.165) is 33.1 Å². The number of fused-ring (bicyclic) bond motifs is 9. The van der Waals surface area contributed by atoms with Gasteiger partial charge in [0.15, 0.2) is 5.65 Å².